The van der Waals surface area contributed by atoms with Crippen LogP contribution in [0, 0.1) is 4.91 Å². The maximum absolute atomic E-state index is 11.4. The highest BCUT2D eigenvalue weighted by atomic mass is 16.7. The minimum Gasteiger partial charge on any atom is -0.356 e. The van der Waals surface area contributed by atoms with E-state index in [1.54, 1.807) is 6.07 Å². The van der Waals surface area contributed by atoms with E-state index in [0.717, 1.165) is 0 Å². The van der Waals surface area contributed by atoms with Crippen LogP contribution in [0.4, 0.5) is 0 Å². The predicted octanol–water partition coefficient (Wildman–Crippen LogP) is 1.08. The van der Waals surface area contributed by atoms with Crippen LogP contribution in [0.5, 0.6) is 0 Å². The Hall–Kier alpha value is -1.86. The van der Waals surface area contributed by atoms with Gasteiger partial charge in [-0.05, 0) is 12.1 Å². The van der Waals surface area contributed by atoms with Crippen molar-refractivity contribution in [2.45, 2.75) is 12.7 Å². The van der Waals surface area contributed by atoms with Crippen molar-refractivity contribution < 1.29 is 19.1 Å². The van der Waals surface area contributed by atoms with Crippen LogP contribution < -0.4 is 0 Å². The first-order chi connectivity index (χ1) is 8.22. The van der Waals surface area contributed by atoms with Gasteiger partial charge in [0.2, 0.25) is 0 Å². The second-order valence-electron chi connectivity index (χ2n) is 3.06. The average Bonchev–Trinajstić information content (AvgIpc) is 2.36. The molecule has 0 saturated heterocycles. The quantitative estimate of drug-likeness (QED) is 0.420. The molecule has 0 spiro atoms. The Morgan fingerprint density at radius 1 is 1.47 bits per heavy atom. The lowest BCUT2D eigenvalue weighted by Crippen LogP contribution is -2.19. The van der Waals surface area contributed by atoms with Crippen LogP contribution in [0.1, 0.15) is 16.1 Å². The summed E-state index contributed by atoms with van der Waals surface area (Å²) in [5.41, 5.74) is 0.570. The van der Waals surface area contributed by atoms with Gasteiger partial charge in [-0.3, -0.25) is 9.82 Å². The highest BCUT2D eigenvalue weighted by molar-refractivity contribution is 5.90. The Bertz CT molecular complexity index is 392. The fourth-order valence-electron chi connectivity index (χ4n) is 1.29. The zero-order valence-corrected chi connectivity index (χ0v) is 9.45. The van der Waals surface area contributed by atoms with Crippen LogP contribution in [-0.4, -0.2) is 31.5 Å². The van der Waals surface area contributed by atoms with Gasteiger partial charge in [0.25, 0.3) is 0 Å². The van der Waals surface area contributed by atoms with Crippen LogP contribution in [0.3, 0.4) is 0 Å². The highest BCUT2D eigenvalue weighted by Crippen LogP contribution is 2.11. The molecular weight excluding hydrogens is 228 g/mol. The van der Waals surface area contributed by atoms with Crippen LogP contribution in [-0.2, 0) is 20.7 Å². The molecule has 0 atom stereocenters. The second-order valence-corrected chi connectivity index (χ2v) is 3.06. The number of hydrogen-bond donors (Lipinski definition) is 0. The standard InChI is InChI=1S/C10H12N2O5/c1-15-9(16-2)6-8-7(4-3-5-11-8)10(13)17-12-14/h3-5,9H,6H2,1-2H3. The van der Waals surface area contributed by atoms with Gasteiger partial charge >= 0.3 is 5.97 Å². The summed E-state index contributed by atoms with van der Waals surface area (Å²) in [5.74, 6) is -0.853. The summed E-state index contributed by atoms with van der Waals surface area (Å²) in [7, 11) is 2.95. The Balaban J connectivity index is 2.91. The smallest absolute Gasteiger partial charge is 0.356 e. The van der Waals surface area contributed by atoms with E-state index in [1.807, 2.05) is 0 Å². The summed E-state index contributed by atoms with van der Waals surface area (Å²) in [6.45, 7) is 0. The normalized spacial score (nSPS) is 10.3. The van der Waals surface area contributed by atoms with Crippen molar-refractivity contribution in [1.82, 2.24) is 4.98 Å². The molecule has 0 fully saturated rings. The molecule has 0 aliphatic heterocycles. The Morgan fingerprint density at radius 3 is 2.76 bits per heavy atom. The largest absolute Gasteiger partial charge is 0.371 e. The van der Waals surface area contributed by atoms with Crippen molar-refractivity contribution in [1.29, 1.82) is 0 Å². The molecule has 7 heteroatoms. The molecule has 0 bridgehead atoms. The zero-order chi connectivity index (χ0) is 12.7. The number of carbonyl (C=O) groups is 1. The molecule has 0 saturated carbocycles. The minimum atomic E-state index is -0.853. The maximum atomic E-state index is 11.4. The fourth-order valence-corrected chi connectivity index (χ4v) is 1.29. The van der Waals surface area contributed by atoms with E-state index in [4.69, 9.17) is 9.47 Å². The molecule has 0 aliphatic rings. The molecule has 92 valence electrons. The van der Waals surface area contributed by atoms with Crippen LogP contribution in [0.2, 0.25) is 0 Å². The second kappa shape index (κ2) is 6.66. The van der Waals surface area contributed by atoms with Gasteiger partial charge in [0.05, 0.1) is 11.3 Å². The summed E-state index contributed by atoms with van der Waals surface area (Å²) in [5, 5.41) is 2.08. The van der Waals surface area contributed by atoms with Gasteiger partial charge < -0.3 is 9.47 Å². The lowest BCUT2D eigenvalue weighted by Gasteiger charge is -2.13. The van der Waals surface area contributed by atoms with Gasteiger partial charge in [0.1, 0.15) is 0 Å². The number of aromatic nitrogens is 1. The van der Waals surface area contributed by atoms with Gasteiger partial charge in [-0.2, -0.15) is 0 Å². The summed E-state index contributed by atoms with van der Waals surface area (Å²) in [4.78, 5) is 29.3. The Labute approximate surface area is 97.6 Å². The summed E-state index contributed by atoms with van der Waals surface area (Å²) in [6.07, 6.45) is 1.25. The lowest BCUT2D eigenvalue weighted by atomic mass is 10.1. The zero-order valence-electron chi connectivity index (χ0n) is 9.45. The van der Waals surface area contributed by atoms with E-state index >= 15 is 0 Å². The van der Waals surface area contributed by atoms with Gasteiger partial charge in [-0.15, -0.1) is 4.91 Å². The van der Waals surface area contributed by atoms with Crippen LogP contribution in [0.25, 0.3) is 0 Å². The molecule has 1 aromatic rings. The van der Waals surface area contributed by atoms with Crippen LogP contribution in [0.15, 0.2) is 23.7 Å². The first-order valence-electron chi connectivity index (χ1n) is 4.76. The summed E-state index contributed by atoms with van der Waals surface area (Å²) < 4.78 is 10.00. The van der Waals surface area contributed by atoms with Gasteiger partial charge in [0, 0.05) is 26.8 Å². The Morgan fingerprint density at radius 2 is 2.18 bits per heavy atom. The van der Waals surface area contributed by atoms with E-state index in [1.165, 1.54) is 26.5 Å². The molecule has 1 heterocycles. The summed E-state index contributed by atoms with van der Waals surface area (Å²) >= 11 is 0. The molecule has 0 unspecified atom stereocenters. The van der Waals surface area contributed by atoms with E-state index in [-0.39, 0.29) is 12.0 Å². The first-order valence-corrected chi connectivity index (χ1v) is 4.76. The number of hydrogen-bond acceptors (Lipinski definition) is 7. The number of ether oxygens (including phenoxy) is 2. The molecule has 0 radical (unpaired) electrons. The van der Waals surface area contributed by atoms with Crippen molar-refractivity contribution in [3.05, 3.63) is 34.5 Å². The van der Waals surface area contributed by atoms with E-state index < -0.39 is 12.3 Å². The van der Waals surface area contributed by atoms with E-state index in [2.05, 4.69) is 15.2 Å². The number of nitrogens with zero attached hydrogens (tertiary/aromatic N) is 2. The monoisotopic (exact) mass is 240 g/mol. The number of rotatable bonds is 6. The maximum Gasteiger partial charge on any atom is 0.371 e. The van der Waals surface area contributed by atoms with Crippen molar-refractivity contribution in [2.75, 3.05) is 14.2 Å². The average molecular weight is 240 g/mol. The predicted molar refractivity (Wildman–Crippen MR) is 57.0 cm³/mol. The third-order valence-corrected chi connectivity index (χ3v) is 2.12. The van der Waals surface area contributed by atoms with Crippen molar-refractivity contribution >= 4 is 5.97 Å². The molecular formula is C10H12N2O5. The number of methoxy groups -OCH3 is 2. The third kappa shape index (κ3) is 3.58. The molecule has 0 aliphatic carbocycles. The summed E-state index contributed by atoms with van der Waals surface area (Å²) in [6, 6.07) is 3.04. The van der Waals surface area contributed by atoms with E-state index in [9.17, 15) is 9.70 Å². The molecule has 0 amide bonds. The SMILES string of the molecule is COC(Cc1ncccc1C(=O)ON=O)OC. The molecule has 1 rings (SSSR count). The fraction of sp³-hybridized carbons (Fsp3) is 0.400. The molecule has 7 nitrogen and oxygen atoms in total. The number of carbonyl (C=O) groups excluding carboxylic acids is 1. The van der Waals surface area contributed by atoms with Crippen molar-refractivity contribution in [3.8, 4) is 0 Å². The number of pyridine rings is 1. The third-order valence-electron chi connectivity index (χ3n) is 2.12. The van der Waals surface area contributed by atoms with Crippen molar-refractivity contribution in [3.63, 3.8) is 0 Å². The van der Waals surface area contributed by atoms with Gasteiger partial charge in [-0.25, -0.2) is 4.79 Å². The molecule has 17 heavy (non-hydrogen) atoms. The van der Waals surface area contributed by atoms with Crippen molar-refractivity contribution in [2.24, 2.45) is 5.34 Å². The van der Waals surface area contributed by atoms with E-state index in [0.29, 0.717) is 5.69 Å². The first kappa shape index (κ1) is 13.2. The topological polar surface area (TPSA) is 87.1 Å². The lowest BCUT2D eigenvalue weighted by molar-refractivity contribution is -0.101. The molecule has 0 aromatic carbocycles. The van der Waals surface area contributed by atoms with Gasteiger partial charge in [-0.1, -0.05) is 0 Å². The molecule has 0 N–H and O–H groups in total. The Kier molecular flexibility index (Phi) is 5.18. The highest BCUT2D eigenvalue weighted by Gasteiger charge is 2.17. The van der Waals surface area contributed by atoms with Crippen LogP contribution >= 0.6 is 0 Å². The van der Waals surface area contributed by atoms with Gasteiger partial charge in [0.15, 0.2) is 11.6 Å². The molecule has 1 aromatic heterocycles. The minimum absolute atomic E-state index is 0.159.